The van der Waals surface area contributed by atoms with Gasteiger partial charge in [0.1, 0.15) is 0 Å². The Morgan fingerprint density at radius 3 is 2.84 bits per heavy atom. The lowest BCUT2D eigenvalue weighted by molar-refractivity contribution is 0.0696. The summed E-state index contributed by atoms with van der Waals surface area (Å²) in [4.78, 5) is 15.1. The van der Waals surface area contributed by atoms with Gasteiger partial charge in [-0.05, 0) is 31.2 Å². The lowest BCUT2D eigenvalue weighted by Crippen LogP contribution is -1.99. The SMILES string of the molecule is Cc1cc(-c2nnc3ccc(C(=O)O)cn23)ccn1. The summed E-state index contributed by atoms with van der Waals surface area (Å²) in [6, 6.07) is 6.84. The van der Waals surface area contributed by atoms with E-state index in [0.29, 0.717) is 11.5 Å². The standard InChI is InChI=1S/C13H10N4O2/c1-8-6-9(4-5-14-8)12-16-15-11-3-2-10(13(18)19)7-17(11)12/h2-7H,1H3,(H,18,19). The van der Waals surface area contributed by atoms with Crippen LogP contribution < -0.4 is 0 Å². The molecule has 0 radical (unpaired) electrons. The lowest BCUT2D eigenvalue weighted by Gasteiger charge is -2.02. The van der Waals surface area contributed by atoms with Crippen molar-refractivity contribution in [2.24, 2.45) is 0 Å². The molecule has 1 N–H and O–H groups in total. The minimum Gasteiger partial charge on any atom is -0.478 e. The third-order valence-corrected chi connectivity index (χ3v) is 2.80. The summed E-state index contributed by atoms with van der Waals surface area (Å²) in [5, 5.41) is 17.1. The number of carbonyl (C=O) groups is 1. The number of fused-ring (bicyclic) bond motifs is 1. The maximum absolute atomic E-state index is 11.0. The molecule has 6 nitrogen and oxygen atoms in total. The van der Waals surface area contributed by atoms with Gasteiger partial charge in [-0.25, -0.2) is 4.79 Å². The monoisotopic (exact) mass is 254 g/mol. The summed E-state index contributed by atoms with van der Waals surface area (Å²) in [6.45, 7) is 1.88. The number of rotatable bonds is 2. The average molecular weight is 254 g/mol. The van der Waals surface area contributed by atoms with E-state index in [1.165, 1.54) is 12.3 Å². The van der Waals surface area contributed by atoms with Gasteiger partial charge in [0.05, 0.1) is 5.56 Å². The molecule has 0 atom stereocenters. The first-order valence-electron chi connectivity index (χ1n) is 5.66. The van der Waals surface area contributed by atoms with Crippen LogP contribution in [0.4, 0.5) is 0 Å². The third-order valence-electron chi connectivity index (χ3n) is 2.80. The Balaban J connectivity index is 2.24. The Kier molecular flexibility index (Phi) is 2.49. The van der Waals surface area contributed by atoms with Gasteiger partial charge in [-0.1, -0.05) is 0 Å². The molecule has 6 heteroatoms. The summed E-state index contributed by atoms with van der Waals surface area (Å²) in [7, 11) is 0. The van der Waals surface area contributed by atoms with Crippen LogP contribution in [0.2, 0.25) is 0 Å². The predicted octanol–water partition coefficient (Wildman–Crippen LogP) is 1.80. The molecule has 0 aromatic carbocycles. The van der Waals surface area contributed by atoms with Crippen molar-refractivity contribution in [1.29, 1.82) is 0 Å². The van der Waals surface area contributed by atoms with Crippen LogP contribution in [-0.4, -0.2) is 30.7 Å². The molecule has 0 unspecified atom stereocenters. The fourth-order valence-electron chi connectivity index (χ4n) is 1.90. The fraction of sp³-hybridized carbons (Fsp3) is 0.0769. The van der Waals surface area contributed by atoms with Crippen molar-refractivity contribution in [2.45, 2.75) is 6.92 Å². The summed E-state index contributed by atoms with van der Waals surface area (Å²) in [5.74, 6) is -0.379. The van der Waals surface area contributed by atoms with Crippen molar-refractivity contribution in [1.82, 2.24) is 19.6 Å². The Morgan fingerprint density at radius 2 is 2.11 bits per heavy atom. The van der Waals surface area contributed by atoms with Gasteiger partial charge >= 0.3 is 5.97 Å². The Hall–Kier alpha value is -2.76. The lowest BCUT2D eigenvalue weighted by atomic mass is 10.2. The van der Waals surface area contributed by atoms with E-state index in [9.17, 15) is 4.79 Å². The second kappa shape index (κ2) is 4.16. The number of aryl methyl sites for hydroxylation is 1. The van der Waals surface area contributed by atoms with E-state index in [1.807, 2.05) is 19.1 Å². The number of carboxylic acid groups (broad SMARTS) is 1. The van der Waals surface area contributed by atoms with Crippen LogP contribution in [0.15, 0.2) is 36.7 Å². The zero-order valence-corrected chi connectivity index (χ0v) is 10.1. The van der Waals surface area contributed by atoms with Crippen molar-refractivity contribution in [2.75, 3.05) is 0 Å². The number of nitrogens with zero attached hydrogens (tertiary/aromatic N) is 4. The molecule has 0 aliphatic heterocycles. The highest BCUT2D eigenvalue weighted by atomic mass is 16.4. The minimum absolute atomic E-state index is 0.194. The third kappa shape index (κ3) is 1.93. The maximum atomic E-state index is 11.0. The van der Waals surface area contributed by atoms with Crippen LogP contribution in [-0.2, 0) is 0 Å². The van der Waals surface area contributed by atoms with E-state index >= 15 is 0 Å². The van der Waals surface area contributed by atoms with Crippen molar-refractivity contribution in [3.05, 3.63) is 47.9 Å². The highest BCUT2D eigenvalue weighted by Gasteiger charge is 2.11. The smallest absolute Gasteiger partial charge is 0.337 e. The number of aromatic nitrogens is 4. The van der Waals surface area contributed by atoms with Crippen LogP contribution in [0, 0.1) is 6.92 Å². The van der Waals surface area contributed by atoms with E-state index in [2.05, 4.69) is 15.2 Å². The van der Waals surface area contributed by atoms with Crippen LogP contribution >= 0.6 is 0 Å². The first kappa shape index (κ1) is 11.3. The molecule has 0 aliphatic rings. The Bertz CT molecular complexity index is 779. The van der Waals surface area contributed by atoms with Crippen molar-refractivity contribution < 1.29 is 9.90 Å². The molecule has 0 aliphatic carbocycles. The molecular formula is C13H10N4O2. The Labute approximate surface area is 108 Å². The molecule has 0 saturated heterocycles. The first-order chi connectivity index (χ1) is 9.15. The van der Waals surface area contributed by atoms with Crippen LogP contribution in [0.3, 0.4) is 0 Å². The second-order valence-electron chi connectivity index (χ2n) is 4.16. The molecule has 0 amide bonds. The number of hydrogen-bond donors (Lipinski definition) is 1. The zero-order valence-electron chi connectivity index (χ0n) is 10.1. The van der Waals surface area contributed by atoms with Gasteiger partial charge < -0.3 is 5.11 Å². The van der Waals surface area contributed by atoms with E-state index in [1.54, 1.807) is 16.7 Å². The summed E-state index contributed by atoms with van der Waals surface area (Å²) in [6.07, 6.45) is 3.20. The van der Waals surface area contributed by atoms with E-state index in [0.717, 1.165) is 11.3 Å². The van der Waals surface area contributed by atoms with Gasteiger partial charge in [-0.2, -0.15) is 0 Å². The molecule has 0 fully saturated rings. The number of pyridine rings is 2. The molecule has 0 bridgehead atoms. The molecule has 3 heterocycles. The molecular weight excluding hydrogens is 244 g/mol. The minimum atomic E-state index is -0.979. The molecule has 3 rings (SSSR count). The van der Waals surface area contributed by atoms with Crippen molar-refractivity contribution in [3.63, 3.8) is 0 Å². The van der Waals surface area contributed by atoms with Crippen LogP contribution in [0.5, 0.6) is 0 Å². The molecule has 19 heavy (non-hydrogen) atoms. The maximum Gasteiger partial charge on any atom is 0.337 e. The summed E-state index contributed by atoms with van der Waals surface area (Å²) >= 11 is 0. The molecule has 0 spiro atoms. The van der Waals surface area contributed by atoms with Gasteiger partial charge in [-0.3, -0.25) is 9.38 Å². The zero-order chi connectivity index (χ0) is 13.4. The van der Waals surface area contributed by atoms with Gasteiger partial charge in [0.2, 0.25) is 0 Å². The average Bonchev–Trinajstić information content (AvgIpc) is 2.81. The van der Waals surface area contributed by atoms with Crippen molar-refractivity contribution >= 4 is 11.6 Å². The van der Waals surface area contributed by atoms with Crippen LogP contribution in [0.25, 0.3) is 17.0 Å². The van der Waals surface area contributed by atoms with Crippen LogP contribution in [0.1, 0.15) is 16.1 Å². The van der Waals surface area contributed by atoms with E-state index in [-0.39, 0.29) is 5.56 Å². The predicted molar refractivity (Wildman–Crippen MR) is 67.9 cm³/mol. The molecule has 94 valence electrons. The topological polar surface area (TPSA) is 80.4 Å². The van der Waals surface area contributed by atoms with Gasteiger partial charge in [0.15, 0.2) is 11.5 Å². The molecule has 3 aromatic rings. The van der Waals surface area contributed by atoms with Gasteiger partial charge in [-0.15, -0.1) is 10.2 Å². The normalized spacial score (nSPS) is 10.8. The van der Waals surface area contributed by atoms with Crippen molar-refractivity contribution in [3.8, 4) is 11.4 Å². The molecule has 0 saturated carbocycles. The number of aromatic carboxylic acids is 1. The van der Waals surface area contributed by atoms with E-state index < -0.39 is 5.97 Å². The fourth-order valence-corrected chi connectivity index (χ4v) is 1.90. The van der Waals surface area contributed by atoms with Gasteiger partial charge in [0.25, 0.3) is 0 Å². The largest absolute Gasteiger partial charge is 0.478 e. The van der Waals surface area contributed by atoms with Gasteiger partial charge in [0, 0.05) is 23.7 Å². The number of carboxylic acids is 1. The highest BCUT2D eigenvalue weighted by molar-refractivity contribution is 5.87. The summed E-state index contributed by atoms with van der Waals surface area (Å²) < 4.78 is 1.66. The summed E-state index contributed by atoms with van der Waals surface area (Å²) in [5.41, 5.74) is 2.51. The Morgan fingerprint density at radius 1 is 1.26 bits per heavy atom. The number of hydrogen-bond acceptors (Lipinski definition) is 4. The quantitative estimate of drug-likeness (QED) is 0.754. The molecule has 3 aromatic heterocycles. The first-order valence-corrected chi connectivity index (χ1v) is 5.66. The second-order valence-corrected chi connectivity index (χ2v) is 4.16. The van der Waals surface area contributed by atoms with E-state index in [4.69, 9.17) is 5.11 Å². The highest BCUT2D eigenvalue weighted by Crippen LogP contribution is 2.19.